The van der Waals surface area contributed by atoms with Gasteiger partial charge in [-0.3, -0.25) is 4.90 Å². The van der Waals surface area contributed by atoms with E-state index in [0.29, 0.717) is 25.0 Å². The average Bonchev–Trinajstić information content (AvgIpc) is 3.38. The van der Waals surface area contributed by atoms with Gasteiger partial charge in [-0.1, -0.05) is 30.3 Å². The first-order valence-electron chi connectivity index (χ1n) is 9.55. The third-order valence-electron chi connectivity index (χ3n) is 5.68. The number of aliphatic hydroxyl groups excluding tert-OH is 1. The summed E-state index contributed by atoms with van der Waals surface area (Å²) in [6.07, 6.45) is 4.63. The number of urea groups is 1. The van der Waals surface area contributed by atoms with Crippen LogP contribution in [0.25, 0.3) is 0 Å². The van der Waals surface area contributed by atoms with Gasteiger partial charge >= 0.3 is 6.03 Å². The van der Waals surface area contributed by atoms with Gasteiger partial charge in [0.25, 0.3) is 0 Å². The van der Waals surface area contributed by atoms with Gasteiger partial charge in [0.2, 0.25) is 0 Å². The van der Waals surface area contributed by atoms with Gasteiger partial charge in [0.1, 0.15) is 0 Å². The molecule has 5 heteroatoms. The number of likely N-dealkylation sites (tertiary alicyclic amines) is 1. The smallest absolute Gasteiger partial charge is 0.317 e. The summed E-state index contributed by atoms with van der Waals surface area (Å²) in [4.78, 5) is 16.9. The van der Waals surface area contributed by atoms with Gasteiger partial charge in [-0.15, -0.1) is 0 Å². The van der Waals surface area contributed by atoms with Crippen LogP contribution >= 0.6 is 0 Å². The number of amides is 2. The Labute approximate surface area is 151 Å². The highest BCUT2D eigenvalue weighted by Crippen LogP contribution is 2.28. The number of nitrogens with zero attached hydrogens (tertiary/aromatic N) is 2. The molecule has 2 N–H and O–H groups in total. The predicted molar refractivity (Wildman–Crippen MR) is 99.4 cm³/mol. The van der Waals surface area contributed by atoms with Crippen LogP contribution in [0.2, 0.25) is 0 Å². The SMILES string of the molecule is CC(CNC(=O)N1CCCC1CC(O)c1ccccc1)N(C)C1CC1. The molecule has 1 aliphatic heterocycles. The maximum atomic E-state index is 12.6. The molecule has 0 bridgehead atoms. The third-order valence-corrected chi connectivity index (χ3v) is 5.68. The molecule has 2 fully saturated rings. The molecule has 1 aromatic rings. The topological polar surface area (TPSA) is 55.8 Å². The van der Waals surface area contributed by atoms with Crippen molar-refractivity contribution in [3.8, 4) is 0 Å². The molecule has 2 amide bonds. The maximum Gasteiger partial charge on any atom is 0.317 e. The monoisotopic (exact) mass is 345 g/mol. The molecular weight excluding hydrogens is 314 g/mol. The second-order valence-electron chi connectivity index (χ2n) is 7.58. The molecule has 1 saturated heterocycles. The van der Waals surface area contributed by atoms with Crippen molar-refractivity contribution < 1.29 is 9.90 Å². The molecule has 3 rings (SSSR count). The number of rotatable bonds is 7. The van der Waals surface area contributed by atoms with E-state index < -0.39 is 6.10 Å². The number of hydrogen-bond donors (Lipinski definition) is 2. The first kappa shape index (κ1) is 18.2. The van der Waals surface area contributed by atoms with Crippen molar-refractivity contribution in [1.29, 1.82) is 0 Å². The van der Waals surface area contributed by atoms with E-state index in [9.17, 15) is 9.90 Å². The zero-order valence-corrected chi connectivity index (χ0v) is 15.4. The number of hydrogen-bond acceptors (Lipinski definition) is 3. The van der Waals surface area contributed by atoms with E-state index in [0.717, 1.165) is 24.9 Å². The Morgan fingerprint density at radius 2 is 2.04 bits per heavy atom. The number of aliphatic hydroxyl groups is 1. The lowest BCUT2D eigenvalue weighted by Gasteiger charge is -2.29. The van der Waals surface area contributed by atoms with Crippen LogP contribution in [-0.4, -0.2) is 59.2 Å². The van der Waals surface area contributed by atoms with Crippen molar-refractivity contribution in [2.24, 2.45) is 0 Å². The quantitative estimate of drug-likeness (QED) is 0.799. The van der Waals surface area contributed by atoms with Crippen LogP contribution in [0.4, 0.5) is 4.79 Å². The van der Waals surface area contributed by atoms with E-state index in [1.165, 1.54) is 12.8 Å². The number of nitrogens with one attached hydrogen (secondary N) is 1. The normalized spacial score (nSPS) is 22.9. The Morgan fingerprint density at radius 1 is 1.32 bits per heavy atom. The summed E-state index contributed by atoms with van der Waals surface area (Å²) in [6.45, 7) is 3.63. The van der Waals surface area contributed by atoms with E-state index in [-0.39, 0.29) is 12.1 Å². The van der Waals surface area contributed by atoms with Crippen molar-refractivity contribution in [2.45, 2.75) is 63.3 Å². The molecule has 0 spiro atoms. The van der Waals surface area contributed by atoms with Gasteiger partial charge in [-0.05, 0) is 51.6 Å². The first-order valence-corrected chi connectivity index (χ1v) is 9.55. The Kier molecular flexibility index (Phi) is 5.97. The second kappa shape index (κ2) is 8.19. The number of benzene rings is 1. The van der Waals surface area contributed by atoms with Crippen LogP contribution < -0.4 is 5.32 Å². The third kappa shape index (κ3) is 4.73. The molecule has 5 nitrogen and oxygen atoms in total. The lowest BCUT2D eigenvalue weighted by atomic mass is 10.0. The van der Waals surface area contributed by atoms with E-state index in [4.69, 9.17) is 0 Å². The van der Waals surface area contributed by atoms with Crippen LogP contribution in [0.5, 0.6) is 0 Å². The van der Waals surface area contributed by atoms with Gasteiger partial charge in [0.05, 0.1) is 6.10 Å². The minimum absolute atomic E-state index is 0.0128. The standard InChI is InChI=1S/C20H31N3O2/c1-15(22(2)17-10-11-17)14-21-20(25)23-12-6-9-18(23)13-19(24)16-7-4-3-5-8-16/h3-5,7-8,15,17-19,24H,6,9-14H2,1-2H3,(H,21,25). The van der Waals surface area contributed by atoms with Crippen LogP contribution in [0.15, 0.2) is 30.3 Å². The zero-order chi connectivity index (χ0) is 17.8. The highest BCUT2D eigenvalue weighted by molar-refractivity contribution is 5.74. The van der Waals surface area contributed by atoms with Gasteiger partial charge in [-0.25, -0.2) is 4.79 Å². The summed E-state index contributed by atoms with van der Waals surface area (Å²) >= 11 is 0. The van der Waals surface area contributed by atoms with E-state index in [2.05, 4.69) is 24.2 Å². The number of carbonyl (C=O) groups excluding carboxylic acids is 1. The molecule has 2 aliphatic rings. The summed E-state index contributed by atoms with van der Waals surface area (Å²) in [5, 5.41) is 13.6. The fourth-order valence-corrected chi connectivity index (χ4v) is 3.74. The molecule has 0 aromatic heterocycles. The molecule has 1 heterocycles. The fourth-order valence-electron chi connectivity index (χ4n) is 3.74. The Bertz CT molecular complexity index is 561. The fraction of sp³-hybridized carbons (Fsp3) is 0.650. The number of carbonyl (C=O) groups is 1. The van der Waals surface area contributed by atoms with Crippen molar-refractivity contribution in [1.82, 2.24) is 15.1 Å². The molecule has 25 heavy (non-hydrogen) atoms. The highest BCUT2D eigenvalue weighted by atomic mass is 16.3. The largest absolute Gasteiger partial charge is 0.388 e. The van der Waals surface area contributed by atoms with Crippen molar-refractivity contribution >= 4 is 6.03 Å². The minimum Gasteiger partial charge on any atom is -0.388 e. The van der Waals surface area contributed by atoms with E-state index in [1.807, 2.05) is 35.2 Å². The van der Waals surface area contributed by atoms with E-state index in [1.54, 1.807) is 0 Å². The van der Waals surface area contributed by atoms with Gasteiger partial charge in [-0.2, -0.15) is 0 Å². The summed E-state index contributed by atoms with van der Waals surface area (Å²) in [7, 11) is 2.14. The van der Waals surface area contributed by atoms with Crippen molar-refractivity contribution in [3.05, 3.63) is 35.9 Å². The predicted octanol–water partition coefficient (Wildman–Crippen LogP) is 2.77. The summed E-state index contributed by atoms with van der Waals surface area (Å²) in [6, 6.07) is 10.9. The molecular formula is C20H31N3O2. The van der Waals surface area contributed by atoms with Crippen LogP contribution in [-0.2, 0) is 0 Å². The van der Waals surface area contributed by atoms with Crippen LogP contribution in [0.1, 0.15) is 50.7 Å². The van der Waals surface area contributed by atoms with E-state index >= 15 is 0 Å². The lowest BCUT2D eigenvalue weighted by molar-refractivity contribution is 0.125. The highest BCUT2D eigenvalue weighted by Gasteiger charge is 2.32. The molecule has 138 valence electrons. The molecule has 0 radical (unpaired) electrons. The molecule has 1 aliphatic carbocycles. The van der Waals surface area contributed by atoms with Crippen LogP contribution in [0, 0.1) is 0 Å². The van der Waals surface area contributed by atoms with Crippen molar-refractivity contribution in [3.63, 3.8) is 0 Å². The average molecular weight is 345 g/mol. The Hall–Kier alpha value is -1.59. The molecule has 1 aromatic carbocycles. The zero-order valence-electron chi connectivity index (χ0n) is 15.4. The van der Waals surface area contributed by atoms with Gasteiger partial charge < -0.3 is 15.3 Å². The molecule has 3 unspecified atom stereocenters. The maximum absolute atomic E-state index is 12.6. The number of likely N-dealkylation sites (N-methyl/N-ethyl adjacent to an activating group) is 1. The van der Waals surface area contributed by atoms with Gasteiger partial charge in [0.15, 0.2) is 0 Å². The summed E-state index contributed by atoms with van der Waals surface area (Å²) in [5.74, 6) is 0. The lowest BCUT2D eigenvalue weighted by Crippen LogP contribution is -2.48. The summed E-state index contributed by atoms with van der Waals surface area (Å²) in [5.41, 5.74) is 0.925. The minimum atomic E-state index is -0.514. The Morgan fingerprint density at radius 3 is 2.72 bits per heavy atom. The first-order chi connectivity index (χ1) is 12.1. The van der Waals surface area contributed by atoms with Crippen molar-refractivity contribution in [2.75, 3.05) is 20.1 Å². The second-order valence-corrected chi connectivity index (χ2v) is 7.58. The molecule has 1 saturated carbocycles. The van der Waals surface area contributed by atoms with Gasteiger partial charge in [0, 0.05) is 31.2 Å². The van der Waals surface area contributed by atoms with Crippen LogP contribution in [0.3, 0.4) is 0 Å². The molecule has 3 atom stereocenters. The summed E-state index contributed by atoms with van der Waals surface area (Å²) < 4.78 is 0. The Balaban J connectivity index is 1.49.